The number of hydrogen-bond donors (Lipinski definition) is 1. The Kier molecular flexibility index (Phi) is 5.83. The molecule has 2 aliphatic rings. The highest BCUT2D eigenvalue weighted by atomic mass is 28.4. The Morgan fingerprint density at radius 3 is 2.00 bits per heavy atom. The summed E-state index contributed by atoms with van der Waals surface area (Å²) in [6.07, 6.45) is -1.68. The van der Waals surface area contributed by atoms with Crippen molar-refractivity contribution < 1.29 is 23.8 Å². The summed E-state index contributed by atoms with van der Waals surface area (Å²) in [4.78, 5) is 0. The summed E-state index contributed by atoms with van der Waals surface area (Å²) in [7, 11) is -2.72. The number of hydrogen-bond acceptors (Lipinski definition) is 6. The Bertz CT molecular complexity index is 886. The third kappa shape index (κ3) is 3.96. The van der Waals surface area contributed by atoms with Gasteiger partial charge in [-0.2, -0.15) is 0 Å². The SMILES string of the molecule is CC1(C)O[C@H]2O[C@H](CO[Si](c3ccccc3)(c3ccccc3)C(C)(C)C)/C(=N\O)[C@H]2O1. The summed E-state index contributed by atoms with van der Waals surface area (Å²) in [5.74, 6) is -0.783. The van der Waals surface area contributed by atoms with Crippen LogP contribution in [0.3, 0.4) is 0 Å². The van der Waals surface area contributed by atoms with Crippen LogP contribution in [0.25, 0.3) is 0 Å². The number of nitrogens with zero attached hydrogens (tertiary/aromatic N) is 1. The first-order valence-electron chi connectivity index (χ1n) is 10.7. The third-order valence-electron chi connectivity index (χ3n) is 5.96. The van der Waals surface area contributed by atoms with Crippen LogP contribution >= 0.6 is 0 Å². The highest BCUT2D eigenvalue weighted by Gasteiger charge is 2.55. The van der Waals surface area contributed by atoms with Gasteiger partial charge < -0.3 is 23.8 Å². The van der Waals surface area contributed by atoms with E-state index in [1.54, 1.807) is 0 Å². The van der Waals surface area contributed by atoms with Crippen molar-refractivity contribution >= 4 is 24.4 Å². The third-order valence-corrected chi connectivity index (χ3v) is 11.0. The minimum atomic E-state index is -2.72. The normalized spacial score (nSPS) is 26.9. The van der Waals surface area contributed by atoms with Gasteiger partial charge >= 0.3 is 0 Å². The predicted octanol–water partition coefficient (Wildman–Crippen LogP) is 3.27. The van der Waals surface area contributed by atoms with Crippen molar-refractivity contribution in [2.24, 2.45) is 5.16 Å². The van der Waals surface area contributed by atoms with Gasteiger partial charge in [0.05, 0.1) is 6.61 Å². The second kappa shape index (κ2) is 8.15. The second-order valence-electron chi connectivity index (χ2n) is 9.55. The molecule has 2 saturated heterocycles. The van der Waals surface area contributed by atoms with E-state index in [-0.39, 0.29) is 11.6 Å². The van der Waals surface area contributed by atoms with E-state index in [1.807, 2.05) is 26.0 Å². The van der Waals surface area contributed by atoms with E-state index in [4.69, 9.17) is 18.6 Å². The molecule has 4 rings (SSSR count). The van der Waals surface area contributed by atoms with Crippen LogP contribution in [0.4, 0.5) is 0 Å². The average molecular weight is 442 g/mol. The Balaban J connectivity index is 1.68. The summed E-state index contributed by atoms with van der Waals surface area (Å²) in [6, 6.07) is 20.8. The van der Waals surface area contributed by atoms with E-state index in [9.17, 15) is 5.21 Å². The van der Waals surface area contributed by atoms with Crippen molar-refractivity contribution in [3.63, 3.8) is 0 Å². The summed E-state index contributed by atoms with van der Waals surface area (Å²) in [5, 5.41) is 15.4. The van der Waals surface area contributed by atoms with E-state index < -0.39 is 32.6 Å². The molecule has 0 aromatic heterocycles. The van der Waals surface area contributed by atoms with Gasteiger partial charge in [-0.25, -0.2) is 0 Å². The molecule has 0 radical (unpaired) electrons. The fraction of sp³-hybridized carbons (Fsp3) is 0.458. The molecule has 2 fully saturated rings. The monoisotopic (exact) mass is 441 g/mol. The largest absolute Gasteiger partial charge is 0.411 e. The van der Waals surface area contributed by atoms with E-state index in [0.717, 1.165) is 0 Å². The second-order valence-corrected chi connectivity index (χ2v) is 13.9. The molecule has 2 aromatic carbocycles. The maximum Gasteiger partial charge on any atom is 0.261 e. The van der Waals surface area contributed by atoms with Gasteiger partial charge in [-0.1, -0.05) is 86.6 Å². The first-order chi connectivity index (χ1) is 14.7. The lowest BCUT2D eigenvalue weighted by Gasteiger charge is -2.43. The Hall–Kier alpha value is -2.03. The summed E-state index contributed by atoms with van der Waals surface area (Å²) in [5.41, 5.74) is 0.411. The number of oxime groups is 1. The molecule has 2 aliphatic heterocycles. The predicted molar refractivity (Wildman–Crippen MR) is 121 cm³/mol. The molecular weight excluding hydrogens is 410 g/mol. The zero-order chi connectivity index (χ0) is 22.3. The summed E-state index contributed by atoms with van der Waals surface area (Å²) < 4.78 is 24.7. The van der Waals surface area contributed by atoms with Gasteiger partial charge in [0.15, 0.2) is 18.2 Å². The molecule has 1 N–H and O–H groups in total. The van der Waals surface area contributed by atoms with Crippen LogP contribution in [0, 0.1) is 0 Å². The van der Waals surface area contributed by atoms with Crippen LogP contribution in [0.15, 0.2) is 65.8 Å². The molecular formula is C24H31NO5Si. The molecule has 3 atom stereocenters. The number of ether oxygens (including phenoxy) is 3. The maximum atomic E-state index is 9.71. The van der Waals surface area contributed by atoms with Gasteiger partial charge in [0, 0.05) is 0 Å². The molecule has 166 valence electrons. The van der Waals surface area contributed by atoms with Gasteiger partial charge in [-0.3, -0.25) is 0 Å². The summed E-state index contributed by atoms with van der Waals surface area (Å²) >= 11 is 0. The number of fused-ring (bicyclic) bond motifs is 1. The van der Waals surface area contributed by atoms with Crippen LogP contribution in [0.2, 0.25) is 5.04 Å². The van der Waals surface area contributed by atoms with Crippen molar-refractivity contribution in [2.45, 2.75) is 63.9 Å². The van der Waals surface area contributed by atoms with E-state index >= 15 is 0 Å². The molecule has 0 bridgehead atoms. The van der Waals surface area contributed by atoms with Crippen molar-refractivity contribution in [1.29, 1.82) is 0 Å². The molecule has 2 aromatic rings. The number of rotatable bonds is 5. The van der Waals surface area contributed by atoms with Gasteiger partial charge in [-0.15, -0.1) is 0 Å². The van der Waals surface area contributed by atoms with Crippen LogP contribution in [-0.4, -0.2) is 50.1 Å². The zero-order valence-corrected chi connectivity index (χ0v) is 19.7. The lowest BCUT2D eigenvalue weighted by Crippen LogP contribution is -2.67. The molecule has 0 amide bonds. The number of benzene rings is 2. The van der Waals surface area contributed by atoms with Crippen LogP contribution in [0.1, 0.15) is 34.6 Å². The topological polar surface area (TPSA) is 69.5 Å². The van der Waals surface area contributed by atoms with Crippen molar-refractivity contribution in [3.8, 4) is 0 Å². The molecule has 0 saturated carbocycles. The minimum Gasteiger partial charge on any atom is -0.411 e. The molecule has 2 heterocycles. The highest BCUT2D eigenvalue weighted by Crippen LogP contribution is 2.39. The quantitative estimate of drug-likeness (QED) is 0.438. The smallest absolute Gasteiger partial charge is 0.261 e. The Morgan fingerprint density at radius 2 is 1.52 bits per heavy atom. The van der Waals surface area contributed by atoms with Crippen molar-refractivity contribution in [2.75, 3.05) is 6.61 Å². The van der Waals surface area contributed by atoms with Gasteiger partial charge in [0.25, 0.3) is 8.32 Å². The molecule has 0 unspecified atom stereocenters. The van der Waals surface area contributed by atoms with Crippen LogP contribution in [-0.2, 0) is 18.6 Å². The lowest BCUT2D eigenvalue weighted by atomic mass is 10.2. The molecule has 7 heteroatoms. The molecule has 6 nitrogen and oxygen atoms in total. The zero-order valence-electron chi connectivity index (χ0n) is 18.7. The van der Waals surface area contributed by atoms with Gasteiger partial charge in [-0.05, 0) is 29.3 Å². The highest BCUT2D eigenvalue weighted by molar-refractivity contribution is 6.99. The minimum absolute atomic E-state index is 0.157. The van der Waals surface area contributed by atoms with Gasteiger partial charge in [0.2, 0.25) is 0 Å². The van der Waals surface area contributed by atoms with Crippen molar-refractivity contribution in [1.82, 2.24) is 0 Å². The van der Waals surface area contributed by atoms with Gasteiger partial charge in [0.1, 0.15) is 11.8 Å². The first-order valence-corrected chi connectivity index (χ1v) is 12.6. The summed E-state index contributed by atoms with van der Waals surface area (Å²) in [6.45, 7) is 10.5. The maximum absolute atomic E-state index is 9.71. The van der Waals surface area contributed by atoms with Crippen LogP contribution in [0.5, 0.6) is 0 Å². The van der Waals surface area contributed by atoms with E-state index in [2.05, 4.69) is 74.5 Å². The molecule has 31 heavy (non-hydrogen) atoms. The lowest BCUT2D eigenvalue weighted by molar-refractivity contribution is -0.199. The first kappa shape index (κ1) is 22.2. The average Bonchev–Trinajstić information content (AvgIpc) is 3.19. The van der Waals surface area contributed by atoms with E-state index in [0.29, 0.717) is 5.71 Å². The standard InChI is InChI=1S/C24H31NO5Si/c1-23(2,3)31(17-12-8-6-9-13-17,18-14-10-7-11-15-18)27-16-19-20(25-26)21-22(28-19)30-24(4,5)29-21/h6-15,19,21-22,26H,16H2,1-5H3/b25-20+/t19-,21-,22-/m1/s1. The fourth-order valence-electron chi connectivity index (χ4n) is 4.65. The molecule has 0 spiro atoms. The van der Waals surface area contributed by atoms with Crippen LogP contribution < -0.4 is 10.4 Å². The van der Waals surface area contributed by atoms with E-state index in [1.165, 1.54) is 10.4 Å². The molecule has 0 aliphatic carbocycles. The Morgan fingerprint density at radius 1 is 0.968 bits per heavy atom. The Labute approximate surface area is 184 Å². The fourth-order valence-corrected chi connectivity index (χ4v) is 9.21. The van der Waals surface area contributed by atoms with Crippen molar-refractivity contribution in [3.05, 3.63) is 60.7 Å².